The Hall–Kier alpha value is -4.23. The number of nitrogens with one attached hydrogen (secondary N) is 2. The number of nitrogens with zero attached hydrogens (tertiary/aromatic N) is 5. The molecule has 0 amide bonds. The third-order valence-electron chi connectivity index (χ3n) is 6.08. The molecule has 3 aromatic carbocycles. The highest BCUT2D eigenvalue weighted by Crippen LogP contribution is 2.37. The number of aliphatic hydroxyl groups excluding tert-OH is 1. The van der Waals surface area contributed by atoms with Crippen molar-refractivity contribution in [2.75, 3.05) is 17.2 Å². The van der Waals surface area contributed by atoms with Crippen LogP contribution >= 0.6 is 23.2 Å². The Morgan fingerprint density at radius 1 is 1.05 bits per heavy atom. The summed E-state index contributed by atoms with van der Waals surface area (Å²) in [5.41, 5.74) is 4.02. The van der Waals surface area contributed by atoms with E-state index in [1.807, 2.05) is 42.6 Å². The number of rotatable bonds is 9. The molecule has 0 saturated carbocycles. The quantitative estimate of drug-likeness (QED) is 0.189. The van der Waals surface area contributed by atoms with Gasteiger partial charge in [-0.1, -0.05) is 58.7 Å². The fraction of sp³-hybridized carbons (Fsp3) is 0.143. The molecule has 1 unspecified atom stereocenters. The maximum atomic E-state index is 13.7. The van der Waals surface area contributed by atoms with Crippen molar-refractivity contribution in [3.8, 4) is 6.07 Å². The van der Waals surface area contributed by atoms with Crippen molar-refractivity contribution in [2.45, 2.75) is 19.0 Å². The predicted molar refractivity (Wildman–Crippen MR) is 150 cm³/mol. The number of nitriles is 1. The van der Waals surface area contributed by atoms with Gasteiger partial charge in [-0.2, -0.15) is 5.26 Å². The van der Waals surface area contributed by atoms with Crippen LogP contribution in [0.2, 0.25) is 10.0 Å². The molecule has 5 aromatic rings. The summed E-state index contributed by atoms with van der Waals surface area (Å²) in [5, 5.41) is 35.1. The number of pyridine rings is 1. The highest BCUT2D eigenvalue weighted by atomic mass is 35.5. The van der Waals surface area contributed by atoms with Crippen molar-refractivity contribution in [3.05, 3.63) is 106 Å². The SMILES string of the molecule is N#Cc1cnc2c(Cl)cc(NC(c3ccccc3)c3cn(CCCO)nn3)cc2c1Nc1ccc(F)c(Cl)c1. The van der Waals surface area contributed by atoms with E-state index in [9.17, 15) is 9.65 Å². The van der Waals surface area contributed by atoms with Crippen molar-refractivity contribution in [1.82, 2.24) is 20.0 Å². The summed E-state index contributed by atoms with van der Waals surface area (Å²) in [6.07, 6.45) is 3.84. The summed E-state index contributed by atoms with van der Waals surface area (Å²) in [5.74, 6) is -0.544. The second kappa shape index (κ2) is 11.7. The summed E-state index contributed by atoms with van der Waals surface area (Å²) < 4.78 is 15.4. The molecule has 196 valence electrons. The monoisotopic (exact) mass is 561 g/mol. The molecule has 5 rings (SSSR count). The average Bonchev–Trinajstić information content (AvgIpc) is 3.42. The van der Waals surface area contributed by atoms with Gasteiger partial charge in [-0.3, -0.25) is 9.67 Å². The molecule has 0 saturated heterocycles. The van der Waals surface area contributed by atoms with E-state index in [1.54, 1.807) is 10.7 Å². The second-order valence-corrected chi connectivity index (χ2v) is 9.55. The van der Waals surface area contributed by atoms with Gasteiger partial charge in [-0.05, 0) is 42.3 Å². The van der Waals surface area contributed by atoms with Crippen molar-refractivity contribution < 1.29 is 9.50 Å². The van der Waals surface area contributed by atoms with Crippen LogP contribution in [0.15, 0.2) is 73.1 Å². The molecule has 0 radical (unpaired) electrons. The van der Waals surface area contributed by atoms with Gasteiger partial charge in [0.15, 0.2) is 0 Å². The van der Waals surface area contributed by atoms with Gasteiger partial charge in [-0.25, -0.2) is 4.39 Å². The van der Waals surface area contributed by atoms with Crippen LogP contribution in [-0.4, -0.2) is 31.7 Å². The normalized spacial score (nSPS) is 11.8. The molecule has 0 aliphatic heterocycles. The summed E-state index contributed by atoms with van der Waals surface area (Å²) in [6.45, 7) is 0.599. The number of anilines is 3. The Bertz CT molecular complexity index is 1670. The highest BCUT2D eigenvalue weighted by Gasteiger charge is 2.20. The minimum absolute atomic E-state index is 0.0463. The Morgan fingerprint density at radius 3 is 2.59 bits per heavy atom. The lowest BCUT2D eigenvalue weighted by Crippen LogP contribution is -2.13. The molecule has 8 nitrogen and oxygen atoms in total. The first kappa shape index (κ1) is 26.4. The van der Waals surface area contributed by atoms with Crippen molar-refractivity contribution in [2.24, 2.45) is 0 Å². The fourth-order valence-corrected chi connectivity index (χ4v) is 4.66. The molecule has 0 fully saturated rings. The van der Waals surface area contributed by atoms with Crippen LogP contribution in [0.25, 0.3) is 10.9 Å². The van der Waals surface area contributed by atoms with E-state index >= 15 is 0 Å². The van der Waals surface area contributed by atoms with Crippen molar-refractivity contribution >= 4 is 51.2 Å². The molecule has 2 heterocycles. The summed E-state index contributed by atoms with van der Waals surface area (Å²) in [6, 6.07) is 19.4. The smallest absolute Gasteiger partial charge is 0.141 e. The van der Waals surface area contributed by atoms with Gasteiger partial charge < -0.3 is 15.7 Å². The maximum Gasteiger partial charge on any atom is 0.141 e. The van der Waals surface area contributed by atoms with Gasteiger partial charge in [-0.15, -0.1) is 5.10 Å². The van der Waals surface area contributed by atoms with E-state index in [1.165, 1.54) is 24.4 Å². The van der Waals surface area contributed by atoms with Gasteiger partial charge >= 0.3 is 0 Å². The first-order chi connectivity index (χ1) is 19.0. The first-order valence-electron chi connectivity index (χ1n) is 12.0. The Labute approximate surface area is 233 Å². The third-order valence-corrected chi connectivity index (χ3v) is 6.65. The van der Waals surface area contributed by atoms with Crippen LogP contribution in [0, 0.1) is 17.1 Å². The van der Waals surface area contributed by atoms with Crippen molar-refractivity contribution in [1.29, 1.82) is 5.26 Å². The van der Waals surface area contributed by atoms with Crippen LogP contribution in [0.3, 0.4) is 0 Å². The average molecular weight is 562 g/mol. The number of fused-ring (bicyclic) bond motifs is 1. The third kappa shape index (κ3) is 5.78. The van der Waals surface area contributed by atoms with E-state index in [4.69, 9.17) is 28.3 Å². The van der Waals surface area contributed by atoms with Crippen LogP contribution in [-0.2, 0) is 6.54 Å². The van der Waals surface area contributed by atoms with E-state index < -0.39 is 5.82 Å². The molecule has 2 aromatic heterocycles. The molecule has 11 heteroatoms. The van der Waals surface area contributed by atoms with Gasteiger partial charge in [0.1, 0.15) is 17.6 Å². The molecule has 0 spiro atoms. The molecule has 0 aliphatic rings. The molecule has 0 bridgehead atoms. The molecule has 0 aliphatic carbocycles. The van der Waals surface area contributed by atoms with Crippen LogP contribution in [0.4, 0.5) is 21.5 Å². The van der Waals surface area contributed by atoms with E-state index in [0.717, 1.165) is 5.56 Å². The standard InChI is InChI=1S/C28H22Cl2FN7O/c29-22-12-19(7-8-24(22)31)34-26-18(14-32)15-33-28-21(26)11-20(13-23(28)30)35-27(17-5-2-1-3-6-17)25-16-38(37-36-25)9-4-10-39/h1-3,5-8,11-13,15-16,27,35,39H,4,9-10H2,(H,33,34). The molecule has 39 heavy (non-hydrogen) atoms. The lowest BCUT2D eigenvalue weighted by Gasteiger charge is -2.20. The van der Waals surface area contributed by atoms with Gasteiger partial charge in [0.25, 0.3) is 0 Å². The molecule has 3 N–H and O–H groups in total. The lowest BCUT2D eigenvalue weighted by atomic mass is 10.0. The molecular formula is C28H22Cl2FN7O. The number of aromatic nitrogens is 4. The highest BCUT2D eigenvalue weighted by molar-refractivity contribution is 6.36. The van der Waals surface area contributed by atoms with E-state index in [2.05, 4.69) is 32.0 Å². The van der Waals surface area contributed by atoms with Crippen LogP contribution in [0.5, 0.6) is 0 Å². The van der Waals surface area contributed by atoms with Crippen molar-refractivity contribution in [3.63, 3.8) is 0 Å². The van der Waals surface area contributed by atoms with Gasteiger partial charge in [0.05, 0.1) is 39.1 Å². The minimum Gasteiger partial charge on any atom is -0.396 e. The Balaban J connectivity index is 1.58. The fourth-order valence-electron chi connectivity index (χ4n) is 4.21. The first-order valence-corrected chi connectivity index (χ1v) is 12.8. The summed E-state index contributed by atoms with van der Waals surface area (Å²) >= 11 is 12.7. The van der Waals surface area contributed by atoms with Gasteiger partial charge in [0.2, 0.25) is 0 Å². The Kier molecular flexibility index (Phi) is 7.89. The lowest BCUT2D eigenvalue weighted by molar-refractivity contribution is 0.276. The van der Waals surface area contributed by atoms with Crippen LogP contribution in [0.1, 0.15) is 29.3 Å². The minimum atomic E-state index is -0.544. The molecule has 1 atom stereocenters. The zero-order valence-corrected chi connectivity index (χ0v) is 22.0. The molecular weight excluding hydrogens is 540 g/mol. The van der Waals surface area contributed by atoms with Gasteiger partial charge in [0, 0.05) is 36.1 Å². The number of hydrogen-bond acceptors (Lipinski definition) is 7. The number of aryl methyl sites for hydroxylation is 1. The van der Waals surface area contributed by atoms with E-state index in [-0.39, 0.29) is 23.2 Å². The zero-order chi connectivity index (χ0) is 27.4. The van der Waals surface area contributed by atoms with Crippen LogP contribution < -0.4 is 10.6 Å². The summed E-state index contributed by atoms with van der Waals surface area (Å²) in [7, 11) is 0. The second-order valence-electron chi connectivity index (χ2n) is 8.74. The predicted octanol–water partition coefficient (Wildman–Crippen LogP) is 6.47. The topological polar surface area (TPSA) is 112 Å². The van der Waals surface area contributed by atoms with E-state index in [0.29, 0.717) is 51.6 Å². The largest absolute Gasteiger partial charge is 0.396 e. The number of halogens is 3. The number of benzene rings is 3. The number of aliphatic hydroxyl groups is 1. The Morgan fingerprint density at radius 2 is 1.85 bits per heavy atom. The number of hydrogen-bond donors (Lipinski definition) is 3. The maximum absolute atomic E-state index is 13.7. The summed E-state index contributed by atoms with van der Waals surface area (Å²) in [4.78, 5) is 4.40. The zero-order valence-electron chi connectivity index (χ0n) is 20.4.